The summed E-state index contributed by atoms with van der Waals surface area (Å²) in [7, 11) is 0. The zero-order valence-electron chi connectivity index (χ0n) is 55.5. The number of anilines is 6. The maximum atomic E-state index is 7.97. The highest BCUT2D eigenvalue weighted by molar-refractivity contribution is 7.02. The van der Waals surface area contributed by atoms with E-state index in [1.807, 2.05) is 0 Å². The molecule has 0 saturated heterocycles. The van der Waals surface area contributed by atoms with Crippen LogP contribution in [0.5, 0.6) is 23.0 Å². The largest absolute Gasteiger partial charge is 0.456 e. The Labute approximate surface area is 547 Å². The minimum absolute atomic E-state index is 0.235. The van der Waals surface area contributed by atoms with Crippen LogP contribution in [-0.4, -0.2) is 13.4 Å². The zero-order valence-corrected chi connectivity index (χ0v) is 55.5. The Morgan fingerprint density at radius 3 is 0.859 bits per heavy atom. The molecule has 0 amide bonds. The van der Waals surface area contributed by atoms with Crippen LogP contribution < -0.4 is 52.1 Å². The summed E-state index contributed by atoms with van der Waals surface area (Å²) in [6.45, 7) is 27.0. The fourth-order valence-electron chi connectivity index (χ4n) is 14.9. The molecule has 2 unspecified atom stereocenters. The molecule has 0 spiro atoms. The van der Waals surface area contributed by atoms with Crippen LogP contribution in [0, 0.1) is 0 Å². The maximum Gasteiger partial charge on any atom is 0.256 e. The third-order valence-electron chi connectivity index (χ3n) is 21.0. The highest BCUT2D eigenvalue weighted by Gasteiger charge is 2.52. The third-order valence-corrected chi connectivity index (χ3v) is 21.0. The summed E-state index contributed by atoms with van der Waals surface area (Å²) in [6, 6.07) is 83.8. The molecule has 0 fully saturated rings. The fourth-order valence-corrected chi connectivity index (χ4v) is 14.9. The van der Waals surface area contributed by atoms with Crippen LogP contribution in [0.15, 0.2) is 218 Å². The second-order valence-corrected chi connectivity index (χ2v) is 27.9. The molecule has 15 rings (SSSR count). The van der Waals surface area contributed by atoms with E-state index in [0.717, 1.165) is 80.9 Å². The molecular formula is C86H82B2N2O2. The summed E-state index contributed by atoms with van der Waals surface area (Å²) in [6.07, 6.45) is 2.05. The second-order valence-electron chi connectivity index (χ2n) is 27.9. The molecule has 4 heterocycles. The van der Waals surface area contributed by atoms with Crippen molar-refractivity contribution in [1.82, 2.24) is 0 Å². The Morgan fingerprint density at radius 2 is 0.565 bits per heavy atom. The highest BCUT2D eigenvalue weighted by Crippen LogP contribution is 2.55. The first kappa shape index (κ1) is 59.1. The van der Waals surface area contributed by atoms with Gasteiger partial charge in [-0.1, -0.05) is 253 Å². The second kappa shape index (κ2) is 23.5. The van der Waals surface area contributed by atoms with Crippen molar-refractivity contribution in [2.45, 2.75) is 131 Å². The van der Waals surface area contributed by atoms with Crippen LogP contribution in [-0.2, 0) is 0 Å². The molecule has 2 atom stereocenters. The first-order valence-electron chi connectivity index (χ1n) is 34.0. The van der Waals surface area contributed by atoms with Crippen LogP contribution in [0.25, 0.3) is 44.5 Å². The summed E-state index contributed by atoms with van der Waals surface area (Å²) < 4.78 is 15.9. The summed E-state index contributed by atoms with van der Waals surface area (Å²) >= 11 is 0. The lowest BCUT2D eigenvalue weighted by Gasteiger charge is -2.47. The van der Waals surface area contributed by atoms with E-state index >= 15 is 0 Å². The van der Waals surface area contributed by atoms with Gasteiger partial charge in [-0.3, -0.25) is 0 Å². The van der Waals surface area contributed by atoms with Crippen molar-refractivity contribution >= 4 is 80.3 Å². The first-order valence-corrected chi connectivity index (χ1v) is 34.0. The molecule has 0 aromatic heterocycles. The Bertz CT molecular complexity index is 4330. The molecule has 0 saturated carbocycles. The van der Waals surface area contributed by atoms with Gasteiger partial charge in [0.05, 0.1) is 11.4 Å². The van der Waals surface area contributed by atoms with E-state index in [-0.39, 0.29) is 13.4 Å². The van der Waals surface area contributed by atoms with Crippen LogP contribution >= 0.6 is 0 Å². The van der Waals surface area contributed by atoms with Gasteiger partial charge < -0.3 is 19.3 Å². The predicted octanol–water partition coefficient (Wildman–Crippen LogP) is 20.7. The average Bonchev–Trinajstić information content (AvgIpc) is 0.673. The predicted molar refractivity (Wildman–Crippen MR) is 394 cm³/mol. The Balaban J connectivity index is 1.05. The van der Waals surface area contributed by atoms with Gasteiger partial charge in [-0.05, 0) is 197 Å². The molecule has 454 valence electrons. The lowest BCUT2D eigenvalue weighted by Crippen LogP contribution is -2.64. The summed E-state index contributed by atoms with van der Waals surface area (Å²) in [5.74, 6) is 5.94. The summed E-state index contributed by atoms with van der Waals surface area (Å²) in [5.41, 5.74) is 30.9. The van der Waals surface area contributed by atoms with Crippen molar-refractivity contribution in [3.05, 3.63) is 252 Å². The van der Waals surface area contributed by atoms with Crippen molar-refractivity contribution in [2.24, 2.45) is 0 Å². The van der Waals surface area contributed by atoms with E-state index in [4.69, 9.17) is 9.47 Å². The van der Waals surface area contributed by atoms with E-state index in [1.54, 1.807) is 0 Å². The number of benzene rings is 11. The summed E-state index contributed by atoms with van der Waals surface area (Å²) in [4.78, 5) is 5.07. The maximum absolute atomic E-state index is 7.97. The molecule has 0 radical (unpaired) electrons. The van der Waals surface area contributed by atoms with Gasteiger partial charge in [0, 0.05) is 33.7 Å². The quantitative estimate of drug-likeness (QED) is 0.101. The number of hydrogen-bond donors (Lipinski definition) is 0. The number of fused-ring (bicyclic) bond motifs is 10. The molecule has 4 aliphatic heterocycles. The lowest BCUT2D eigenvalue weighted by molar-refractivity contribution is 0.477. The molecule has 4 aliphatic rings. The normalized spacial score (nSPS) is 13.9. The first-order chi connectivity index (χ1) is 44.6. The lowest BCUT2D eigenvalue weighted by atomic mass is 9.31. The van der Waals surface area contributed by atoms with Crippen LogP contribution in [0.1, 0.15) is 165 Å². The van der Waals surface area contributed by atoms with E-state index in [0.29, 0.717) is 35.5 Å². The van der Waals surface area contributed by atoms with Crippen molar-refractivity contribution in [3.8, 4) is 67.5 Å². The van der Waals surface area contributed by atoms with E-state index in [2.05, 4.69) is 311 Å². The van der Waals surface area contributed by atoms with Crippen LogP contribution in [0.2, 0.25) is 0 Å². The van der Waals surface area contributed by atoms with Crippen LogP contribution in [0.3, 0.4) is 0 Å². The van der Waals surface area contributed by atoms with E-state index < -0.39 is 0 Å². The third kappa shape index (κ3) is 9.99. The molecule has 4 nitrogen and oxygen atoms in total. The molecule has 0 bridgehead atoms. The number of nitrogens with zero attached hydrogens (tertiary/aromatic N) is 2. The molecule has 0 aliphatic carbocycles. The Morgan fingerprint density at radius 1 is 0.293 bits per heavy atom. The molecule has 0 N–H and O–H groups in total. The number of rotatable bonds is 14. The SMILES string of the molecule is CCC(C)c1ccc2c(c1)B1c3cc(-c4ccc(C(C)C)cc4)ccc3N(c3ccc(-c4ccc(C(C)C)cc4)cc3)c3c4c5c(c(c31)O2)N(c1ccc(-c2ccc(C(C)C)cc2)cc1)c1ccc(-c2ccc(C(C)C)cc2)cc1B5c1cc(C(C)CC)ccc1O4. The van der Waals surface area contributed by atoms with Crippen LogP contribution in [0.4, 0.5) is 34.1 Å². The molecular weight excluding hydrogens is 1110 g/mol. The van der Waals surface area contributed by atoms with Crippen molar-refractivity contribution in [1.29, 1.82) is 0 Å². The molecule has 6 heteroatoms. The van der Waals surface area contributed by atoms with Crippen molar-refractivity contribution < 1.29 is 9.47 Å². The van der Waals surface area contributed by atoms with Gasteiger partial charge in [0.25, 0.3) is 13.4 Å². The van der Waals surface area contributed by atoms with Gasteiger partial charge >= 0.3 is 0 Å². The summed E-state index contributed by atoms with van der Waals surface area (Å²) in [5, 5.41) is 0. The number of hydrogen-bond acceptors (Lipinski definition) is 4. The topological polar surface area (TPSA) is 24.9 Å². The average molecular weight is 1200 g/mol. The van der Waals surface area contributed by atoms with Gasteiger partial charge in [-0.2, -0.15) is 0 Å². The van der Waals surface area contributed by atoms with Gasteiger partial charge in [0.15, 0.2) is 0 Å². The van der Waals surface area contributed by atoms with Gasteiger partial charge in [0.1, 0.15) is 23.0 Å². The van der Waals surface area contributed by atoms with E-state index in [1.165, 1.54) is 99.7 Å². The fraction of sp³-hybridized carbons (Fsp3) is 0.233. The van der Waals surface area contributed by atoms with Gasteiger partial charge in [0.2, 0.25) is 0 Å². The van der Waals surface area contributed by atoms with E-state index in [9.17, 15) is 0 Å². The van der Waals surface area contributed by atoms with Gasteiger partial charge in [-0.15, -0.1) is 0 Å². The van der Waals surface area contributed by atoms with Gasteiger partial charge in [-0.25, -0.2) is 0 Å². The smallest absolute Gasteiger partial charge is 0.256 e. The Kier molecular flexibility index (Phi) is 15.1. The zero-order chi connectivity index (χ0) is 63.4. The molecule has 11 aromatic carbocycles. The number of ether oxygens (including phenoxy) is 2. The van der Waals surface area contributed by atoms with Crippen molar-refractivity contribution in [3.63, 3.8) is 0 Å². The monoisotopic (exact) mass is 1200 g/mol. The highest BCUT2D eigenvalue weighted by atomic mass is 16.5. The minimum atomic E-state index is -0.235. The molecule has 11 aromatic rings. The Hall–Kier alpha value is -9.25. The standard InChI is InChI=1S/C86H82B2N2O2/c1-13-55(11)67-37-45-79-75(47-67)87-73-49-69(65-27-19-59(20-28-65)53(7)8)35-43-77(73)89(71-39-31-63(32-40-71)61-23-15-57(16-24-61)51(3)4)83-81(87)85(91-79)84-82-86(83)92-80-46-38-68(56(12)14-2)48-76(80)88(82)74-50-70(66-29-21-60(22-30-66)54(9)10)36-44-78(74)90(84)72-41-33-64(34-42-72)62-25-17-58(18-26-62)52(5)6/h15-56H,13-14H2,1-12H3. The minimum Gasteiger partial charge on any atom is -0.456 e. The van der Waals surface area contributed by atoms with Crippen molar-refractivity contribution in [2.75, 3.05) is 9.80 Å². The molecule has 92 heavy (non-hydrogen) atoms.